The molecule has 5 rings (SSSR count). The first-order valence-electron chi connectivity index (χ1n) is 10.1. The third-order valence-electron chi connectivity index (χ3n) is 5.27. The van der Waals surface area contributed by atoms with Crippen LogP contribution in [0.1, 0.15) is 16.3 Å². The van der Waals surface area contributed by atoms with Crippen LogP contribution in [-0.4, -0.2) is 21.4 Å². The molecule has 2 aromatic heterocycles. The zero-order valence-corrected chi connectivity index (χ0v) is 18.4. The molecule has 0 aliphatic carbocycles. The maximum Gasteiger partial charge on any atom is 0.291 e. The topological polar surface area (TPSA) is 98.8 Å². The molecule has 0 saturated heterocycles. The summed E-state index contributed by atoms with van der Waals surface area (Å²) in [5.41, 5.74) is 1.73. The molecule has 8 heteroatoms. The second kappa shape index (κ2) is 8.14. The first kappa shape index (κ1) is 20.8. The Morgan fingerprint density at radius 1 is 0.879 bits per heavy atom. The van der Waals surface area contributed by atoms with E-state index in [-0.39, 0.29) is 22.2 Å². The van der Waals surface area contributed by atoms with Crippen molar-refractivity contribution >= 4 is 43.4 Å². The molecule has 166 valence electrons. The number of ether oxygens (including phenoxy) is 1. The first-order chi connectivity index (χ1) is 15.9. The molecule has 0 bridgehead atoms. The first-order valence-corrected chi connectivity index (χ1v) is 11.8. The van der Waals surface area contributed by atoms with E-state index in [9.17, 15) is 13.2 Å². The lowest BCUT2D eigenvalue weighted by molar-refractivity contribution is 0.0995. The maximum absolute atomic E-state index is 12.8. The van der Waals surface area contributed by atoms with Crippen LogP contribution >= 0.6 is 0 Å². The lowest BCUT2D eigenvalue weighted by Gasteiger charge is -2.09. The van der Waals surface area contributed by atoms with Gasteiger partial charge < -0.3 is 18.9 Å². The third kappa shape index (κ3) is 3.96. The van der Waals surface area contributed by atoms with E-state index in [1.807, 2.05) is 24.3 Å². The molecular weight excluding hydrogens is 442 g/mol. The standard InChI is InChI=1S/C25H19NO6S/c1-30-24-13-19-18-9-5-6-10-21(18)32-23(19)14-20(24)26-25(27)22-12-11-16(31-22)15-33(28,29)17-7-3-2-4-8-17/h2-14H,15H2,1H3,(H,26,27). The summed E-state index contributed by atoms with van der Waals surface area (Å²) < 4.78 is 42.0. The van der Waals surface area contributed by atoms with Gasteiger partial charge in [0.1, 0.15) is 28.4 Å². The predicted molar refractivity (Wildman–Crippen MR) is 124 cm³/mol. The molecule has 5 aromatic rings. The van der Waals surface area contributed by atoms with Crippen molar-refractivity contribution in [3.05, 3.63) is 90.4 Å². The summed E-state index contributed by atoms with van der Waals surface area (Å²) >= 11 is 0. The SMILES string of the molecule is COc1cc2c(cc1NC(=O)c1ccc(CS(=O)(=O)c3ccccc3)o1)oc1ccccc12. The average molecular weight is 461 g/mol. The highest BCUT2D eigenvalue weighted by Gasteiger charge is 2.20. The highest BCUT2D eigenvalue weighted by atomic mass is 32.2. The second-order valence-corrected chi connectivity index (χ2v) is 9.43. The minimum absolute atomic E-state index is 0.0139. The van der Waals surface area contributed by atoms with Gasteiger partial charge in [-0.1, -0.05) is 36.4 Å². The van der Waals surface area contributed by atoms with Crippen molar-refractivity contribution in [2.45, 2.75) is 10.6 Å². The Balaban J connectivity index is 1.40. The number of furan rings is 2. The number of sulfone groups is 1. The molecule has 0 radical (unpaired) electrons. The summed E-state index contributed by atoms with van der Waals surface area (Å²) in [5.74, 6) is -0.268. The monoisotopic (exact) mass is 461 g/mol. The van der Waals surface area contributed by atoms with Crippen LogP contribution in [0.15, 0.2) is 92.6 Å². The summed E-state index contributed by atoms with van der Waals surface area (Å²) in [6, 6.07) is 22.1. The number of hydrogen-bond acceptors (Lipinski definition) is 6. The number of carbonyl (C=O) groups is 1. The van der Waals surface area contributed by atoms with E-state index in [4.69, 9.17) is 13.6 Å². The van der Waals surface area contributed by atoms with Gasteiger partial charge in [0.2, 0.25) is 0 Å². The number of amides is 1. The quantitative estimate of drug-likeness (QED) is 0.363. The number of benzene rings is 3. The van der Waals surface area contributed by atoms with E-state index in [0.717, 1.165) is 16.4 Å². The van der Waals surface area contributed by atoms with Gasteiger partial charge in [-0.3, -0.25) is 4.79 Å². The number of hydrogen-bond donors (Lipinski definition) is 1. The van der Waals surface area contributed by atoms with E-state index < -0.39 is 15.7 Å². The largest absolute Gasteiger partial charge is 0.495 e. The summed E-state index contributed by atoms with van der Waals surface area (Å²) in [7, 11) is -2.08. The van der Waals surface area contributed by atoms with Gasteiger partial charge in [-0.2, -0.15) is 0 Å². The van der Waals surface area contributed by atoms with Gasteiger partial charge in [-0.25, -0.2) is 8.42 Å². The van der Waals surface area contributed by atoms with Crippen molar-refractivity contribution < 1.29 is 26.8 Å². The molecule has 0 atom stereocenters. The summed E-state index contributed by atoms with van der Waals surface area (Å²) in [6.07, 6.45) is 0. The van der Waals surface area contributed by atoms with Crippen LogP contribution in [0.4, 0.5) is 5.69 Å². The number of methoxy groups -OCH3 is 1. The molecule has 1 amide bonds. The van der Waals surface area contributed by atoms with Crippen molar-refractivity contribution in [3.8, 4) is 5.75 Å². The molecule has 0 saturated carbocycles. The summed E-state index contributed by atoms with van der Waals surface area (Å²) in [5, 5.41) is 4.57. The van der Waals surface area contributed by atoms with Crippen molar-refractivity contribution in [2.75, 3.05) is 12.4 Å². The smallest absolute Gasteiger partial charge is 0.291 e. The van der Waals surface area contributed by atoms with Crippen molar-refractivity contribution in [3.63, 3.8) is 0 Å². The lowest BCUT2D eigenvalue weighted by Crippen LogP contribution is -2.12. The number of carbonyl (C=O) groups excluding carboxylic acids is 1. The van der Waals surface area contributed by atoms with Crippen LogP contribution in [0.5, 0.6) is 5.75 Å². The van der Waals surface area contributed by atoms with Crippen LogP contribution < -0.4 is 10.1 Å². The molecule has 0 fully saturated rings. The maximum atomic E-state index is 12.8. The minimum Gasteiger partial charge on any atom is -0.495 e. The van der Waals surface area contributed by atoms with Crippen LogP contribution in [0, 0.1) is 0 Å². The van der Waals surface area contributed by atoms with Crippen LogP contribution in [0.2, 0.25) is 0 Å². The summed E-state index contributed by atoms with van der Waals surface area (Å²) in [4.78, 5) is 13.0. The molecule has 2 heterocycles. The molecule has 33 heavy (non-hydrogen) atoms. The van der Waals surface area contributed by atoms with E-state index in [1.165, 1.54) is 31.4 Å². The highest BCUT2D eigenvalue weighted by Crippen LogP contribution is 2.36. The fourth-order valence-corrected chi connectivity index (χ4v) is 4.95. The Morgan fingerprint density at radius 3 is 2.42 bits per heavy atom. The van der Waals surface area contributed by atoms with Gasteiger partial charge in [0.05, 0.1) is 17.7 Å². The molecule has 3 aromatic carbocycles. The van der Waals surface area contributed by atoms with E-state index >= 15 is 0 Å². The van der Waals surface area contributed by atoms with Crippen molar-refractivity contribution in [1.29, 1.82) is 0 Å². The molecule has 0 spiro atoms. The number of para-hydroxylation sites is 1. The molecule has 0 aliphatic heterocycles. The van der Waals surface area contributed by atoms with Gasteiger partial charge in [-0.05, 0) is 36.4 Å². The van der Waals surface area contributed by atoms with Gasteiger partial charge >= 0.3 is 0 Å². The number of nitrogens with one attached hydrogen (secondary N) is 1. The minimum atomic E-state index is -3.59. The van der Waals surface area contributed by atoms with E-state index in [0.29, 0.717) is 17.0 Å². The van der Waals surface area contributed by atoms with Crippen LogP contribution in [0.25, 0.3) is 21.9 Å². The Morgan fingerprint density at radius 2 is 1.64 bits per heavy atom. The van der Waals surface area contributed by atoms with E-state index in [2.05, 4.69) is 5.32 Å². The molecular formula is C25H19NO6S. The Labute approximate surface area is 189 Å². The van der Waals surface area contributed by atoms with Gasteiger partial charge in [0.25, 0.3) is 5.91 Å². The van der Waals surface area contributed by atoms with Crippen LogP contribution in [0.3, 0.4) is 0 Å². The Kier molecular flexibility index (Phi) is 5.14. The Bertz CT molecular complexity index is 1580. The average Bonchev–Trinajstić information content (AvgIpc) is 3.43. The molecule has 7 nitrogen and oxygen atoms in total. The van der Waals surface area contributed by atoms with Crippen molar-refractivity contribution in [2.24, 2.45) is 0 Å². The van der Waals surface area contributed by atoms with Crippen molar-refractivity contribution in [1.82, 2.24) is 0 Å². The number of anilines is 1. The number of fused-ring (bicyclic) bond motifs is 3. The predicted octanol–water partition coefficient (Wildman–Crippen LogP) is 5.41. The van der Waals surface area contributed by atoms with Crippen LogP contribution in [-0.2, 0) is 15.6 Å². The molecule has 1 N–H and O–H groups in total. The van der Waals surface area contributed by atoms with Gasteiger partial charge in [0.15, 0.2) is 15.6 Å². The summed E-state index contributed by atoms with van der Waals surface area (Å²) in [6.45, 7) is 0. The normalized spacial score (nSPS) is 11.7. The molecule has 0 aliphatic rings. The zero-order valence-electron chi connectivity index (χ0n) is 17.6. The molecule has 0 unspecified atom stereocenters. The third-order valence-corrected chi connectivity index (χ3v) is 6.92. The zero-order chi connectivity index (χ0) is 23.0. The van der Waals surface area contributed by atoms with Gasteiger partial charge in [-0.15, -0.1) is 0 Å². The fourth-order valence-electron chi connectivity index (χ4n) is 3.68. The second-order valence-electron chi connectivity index (χ2n) is 7.44. The van der Waals surface area contributed by atoms with E-state index in [1.54, 1.807) is 30.3 Å². The van der Waals surface area contributed by atoms with Gasteiger partial charge in [0, 0.05) is 16.8 Å². The lowest BCUT2D eigenvalue weighted by atomic mass is 10.1. The highest BCUT2D eigenvalue weighted by molar-refractivity contribution is 7.90. The number of rotatable bonds is 6. The Hall–Kier alpha value is -4.04. The fraction of sp³-hybridized carbons (Fsp3) is 0.0800.